The molecule has 0 aromatic heterocycles. The second kappa shape index (κ2) is 5.06. The molecule has 0 aliphatic carbocycles. The average molecular weight is 312 g/mol. The summed E-state index contributed by atoms with van der Waals surface area (Å²) in [5.41, 5.74) is 0.502. The van der Waals surface area contributed by atoms with E-state index in [-0.39, 0.29) is 9.05 Å². The van der Waals surface area contributed by atoms with Crippen LogP contribution in [-0.2, 0) is 11.8 Å². The Morgan fingerprint density at radius 2 is 2.13 bits per heavy atom. The van der Waals surface area contributed by atoms with Crippen LogP contribution in [0.15, 0.2) is 16.6 Å². The van der Waals surface area contributed by atoms with E-state index >= 15 is 0 Å². The second-order valence-corrected chi connectivity index (χ2v) is 6.99. The normalized spacial score (nSPS) is 21.7. The quantitative estimate of drug-likeness (QED) is 0.433. The Balaban J connectivity index is 2.31. The first-order valence-electron chi connectivity index (χ1n) is 4.62. The molecule has 0 spiro atoms. The summed E-state index contributed by atoms with van der Waals surface area (Å²) in [6.07, 6.45) is 1.17. The van der Waals surface area contributed by atoms with E-state index in [1.165, 1.54) is 18.2 Å². The Kier molecular flexibility index (Phi) is 3.96. The molecule has 0 saturated carbocycles. The molecule has 0 bridgehead atoms. The fourth-order valence-corrected chi connectivity index (χ4v) is 4.88. The SMILES string of the molecule is Fc1c(Br)ccc(C2SCCC[SH+]2)c1F. The Labute approximate surface area is 104 Å². The first kappa shape index (κ1) is 11.7. The number of benzene rings is 1. The third-order valence-corrected chi connectivity index (χ3v) is 5.99. The molecule has 82 valence electrons. The topological polar surface area (TPSA) is 0 Å². The number of thioether (sulfide) groups is 1. The molecule has 2 rings (SSSR count). The Morgan fingerprint density at radius 1 is 1.33 bits per heavy atom. The summed E-state index contributed by atoms with van der Waals surface area (Å²) in [5, 5.41) is 0. The predicted molar refractivity (Wildman–Crippen MR) is 67.5 cm³/mol. The van der Waals surface area contributed by atoms with Gasteiger partial charge >= 0.3 is 0 Å². The lowest BCUT2D eigenvalue weighted by molar-refractivity contribution is 0.497. The Morgan fingerprint density at radius 3 is 2.80 bits per heavy atom. The molecule has 0 N–H and O–H groups in total. The molecule has 0 amide bonds. The van der Waals surface area contributed by atoms with Crippen molar-refractivity contribution < 1.29 is 8.78 Å². The highest BCUT2D eigenvalue weighted by Crippen LogP contribution is 2.37. The van der Waals surface area contributed by atoms with Crippen molar-refractivity contribution in [1.82, 2.24) is 0 Å². The number of halogens is 3. The van der Waals surface area contributed by atoms with Crippen LogP contribution in [0, 0.1) is 11.6 Å². The van der Waals surface area contributed by atoms with Crippen LogP contribution >= 0.6 is 27.7 Å². The van der Waals surface area contributed by atoms with Gasteiger partial charge in [-0.3, -0.25) is 0 Å². The molecule has 15 heavy (non-hydrogen) atoms. The van der Waals surface area contributed by atoms with Gasteiger partial charge in [-0.05, 0) is 39.8 Å². The largest absolute Gasteiger partial charge is 0.203 e. The van der Waals surface area contributed by atoms with Gasteiger partial charge in [0.15, 0.2) is 16.2 Å². The van der Waals surface area contributed by atoms with Crippen molar-refractivity contribution in [3.63, 3.8) is 0 Å². The molecule has 5 heteroatoms. The summed E-state index contributed by atoms with van der Waals surface area (Å²) in [7, 11) is 0. The minimum atomic E-state index is -0.770. The maximum atomic E-state index is 13.6. The van der Waals surface area contributed by atoms with Gasteiger partial charge in [-0.2, -0.15) is 0 Å². The summed E-state index contributed by atoms with van der Waals surface area (Å²) in [6, 6.07) is 3.26. The van der Waals surface area contributed by atoms with Crippen molar-refractivity contribution in [2.45, 2.75) is 11.0 Å². The minimum absolute atomic E-state index is 0.0985. The van der Waals surface area contributed by atoms with E-state index in [4.69, 9.17) is 0 Å². The molecule has 1 aliphatic heterocycles. The molecular weight excluding hydrogens is 302 g/mol. The van der Waals surface area contributed by atoms with Gasteiger partial charge in [0.25, 0.3) is 0 Å². The number of thiol groups is 1. The summed E-state index contributed by atoms with van der Waals surface area (Å²) in [6.45, 7) is 0. The Bertz CT molecular complexity index is 365. The van der Waals surface area contributed by atoms with Crippen molar-refractivity contribution in [1.29, 1.82) is 0 Å². The van der Waals surface area contributed by atoms with Crippen LogP contribution in [0.25, 0.3) is 0 Å². The van der Waals surface area contributed by atoms with Crippen molar-refractivity contribution >= 4 is 39.5 Å². The van der Waals surface area contributed by atoms with Gasteiger partial charge in [0.1, 0.15) is 5.75 Å². The molecule has 1 aliphatic rings. The molecule has 1 aromatic carbocycles. The highest BCUT2D eigenvalue weighted by molar-refractivity contribution is 9.10. The zero-order valence-corrected chi connectivity index (χ0v) is 11.1. The third-order valence-electron chi connectivity index (χ3n) is 2.20. The highest BCUT2D eigenvalue weighted by Gasteiger charge is 2.28. The summed E-state index contributed by atoms with van der Waals surface area (Å²) in [4.78, 5) is 0. The number of rotatable bonds is 1. The fourth-order valence-electron chi connectivity index (χ4n) is 1.44. The van der Waals surface area contributed by atoms with Gasteiger partial charge in [0, 0.05) is 12.2 Å². The van der Waals surface area contributed by atoms with Crippen LogP contribution in [0.3, 0.4) is 0 Å². The number of hydrogen-bond acceptors (Lipinski definition) is 1. The standard InChI is InChI=1S/C10H9BrF2S2/c11-7-3-2-6(8(12)9(7)13)10-14-4-1-5-15-10/h2-3,10H,1,4-5H2/p+1. The first-order chi connectivity index (χ1) is 7.20. The highest BCUT2D eigenvalue weighted by atomic mass is 79.9. The van der Waals surface area contributed by atoms with Gasteiger partial charge in [0.05, 0.1) is 10.0 Å². The van der Waals surface area contributed by atoms with E-state index in [9.17, 15) is 8.78 Å². The molecule has 1 heterocycles. The van der Waals surface area contributed by atoms with Crippen LogP contribution in [-0.4, -0.2) is 11.5 Å². The minimum Gasteiger partial charge on any atom is -0.203 e. The zero-order chi connectivity index (χ0) is 10.8. The van der Waals surface area contributed by atoms with E-state index in [0.717, 1.165) is 11.5 Å². The van der Waals surface area contributed by atoms with Crippen LogP contribution in [0.5, 0.6) is 0 Å². The monoisotopic (exact) mass is 311 g/mol. The maximum absolute atomic E-state index is 13.6. The van der Waals surface area contributed by atoms with Crippen LogP contribution in [0.4, 0.5) is 8.78 Å². The second-order valence-electron chi connectivity index (χ2n) is 3.25. The molecule has 1 aromatic rings. The number of hydrogen-bond donors (Lipinski definition) is 0. The van der Waals surface area contributed by atoms with Crippen LogP contribution < -0.4 is 0 Å². The van der Waals surface area contributed by atoms with E-state index < -0.39 is 11.6 Å². The first-order valence-corrected chi connectivity index (χ1v) is 7.61. The molecule has 0 radical (unpaired) electrons. The van der Waals surface area contributed by atoms with E-state index in [2.05, 4.69) is 15.9 Å². The van der Waals surface area contributed by atoms with Crippen molar-refractivity contribution in [3.8, 4) is 0 Å². The lowest BCUT2D eigenvalue weighted by Crippen LogP contribution is -2.10. The van der Waals surface area contributed by atoms with Gasteiger partial charge in [-0.25, -0.2) is 8.78 Å². The summed E-state index contributed by atoms with van der Waals surface area (Å²) in [5.74, 6) is 0.647. The molecule has 1 unspecified atom stereocenters. The van der Waals surface area contributed by atoms with Gasteiger partial charge < -0.3 is 0 Å². The van der Waals surface area contributed by atoms with E-state index in [0.29, 0.717) is 5.56 Å². The van der Waals surface area contributed by atoms with Crippen LogP contribution in [0.2, 0.25) is 0 Å². The maximum Gasteiger partial charge on any atom is 0.189 e. The summed E-state index contributed by atoms with van der Waals surface area (Å²) >= 11 is 5.88. The average Bonchev–Trinajstić information content (AvgIpc) is 2.27. The van der Waals surface area contributed by atoms with Crippen LogP contribution in [0.1, 0.15) is 16.6 Å². The van der Waals surface area contributed by atoms with Crippen molar-refractivity contribution in [2.75, 3.05) is 11.5 Å². The lowest BCUT2D eigenvalue weighted by Gasteiger charge is -2.15. The van der Waals surface area contributed by atoms with Gasteiger partial charge in [-0.1, -0.05) is 0 Å². The van der Waals surface area contributed by atoms with Crippen molar-refractivity contribution in [3.05, 3.63) is 33.8 Å². The van der Waals surface area contributed by atoms with E-state index in [1.807, 2.05) is 0 Å². The van der Waals surface area contributed by atoms with E-state index in [1.54, 1.807) is 23.9 Å². The zero-order valence-electron chi connectivity index (χ0n) is 7.84. The van der Waals surface area contributed by atoms with Crippen molar-refractivity contribution in [2.24, 2.45) is 0 Å². The van der Waals surface area contributed by atoms with Gasteiger partial charge in [0.2, 0.25) is 0 Å². The Hall–Kier alpha value is 0.260. The molecular formula is C10H10BrF2S2+. The molecule has 1 fully saturated rings. The molecule has 1 atom stereocenters. The lowest BCUT2D eigenvalue weighted by atomic mass is 10.2. The molecule has 0 nitrogen and oxygen atoms in total. The fraction of sp³-hybridized carbons (Fsp3) is 0.400. The summed E-state index contributed by atoms with van der Waals surface area (Å²) < 4.78 is 27.2. The predicted octanol–water partition coefficient (Wildman–Crippen LogP) is 3.68. The smallest absolute Gasteiger partial charge is 0.189 e. The third kappa shape index (κ3) is 2.50. The van der Waals surface area contributed by atoms with Gasteiger partial charge in [-0.15, -0.1) is 11.8 Å². The molecule has 1 saturated heterocycles.